The molecular weight excluding hydrogens is 376 g/mol. The van der Waals surface area contributed by atoms with Crippen molar-refractivity contribution >= 4 is 22.6 Å². The Hall–Kier alpha value is -3.24. The van der Waals surface area contributed by atoms with E-state index in [0.717, 1.165) is 27.8 Å². The summed E-state index contributed by atoms with van der Waals surface area (Å²) in [5, 5.41) is 1.21. The van der Waals surface area contributed by atoms with Gasteiger partial charge in [0.1, 0.15) is 23.7 Å². The van der Waals surface area contributed by atoms with Crippen molar-refractivity contribution < 1.29 is 13.9 Å². The van der Waals surface area contributed by atoms with Crippen LogP contribution in [0.15, 0.2) is 82.0 Å². The smallest absolute Gasteiger partial charge is 0.336 e. The second kappa shape index (κ2) is 7.79. The van der Waals surface area contributed by atoms with Gasteiger partial charge in [0.15, 0.2) is 0 Å². The first kappa shape index (κ1) is 18.1. The molecule has 0 N–H and O–H groups in total. The maximum absolute atomic E-state index is 12.1. The van der Waals surface area contributed by atoms with E-state index >= 15 is 0 Å². The highest BCUT2D eigenvalue weighted by molar-refractivity contribution is 6.33. The molecule has 0 amide bonds. The van der Waals surface area contributed by atoms with Crippen molar-refractivity contribution in [3.05, 3.63) is 93.8 Å². The van der Waals surface area contributed by atoms with Gasteiger partial charge in [-0.2, -0.15) is 0 Å². The number of ether oxygens (including phenoxy) is 2. The average Bonchev–Trinajstić information content (AvgIpc) is 2.73. The minimum atomic E-state index is -0.422. The Labute approximate surface area is 166 Å². The second-order valence-electron chi connectivity index (χ2n) is 6.26. The fraction of sp³-hybridized carbons (Fsp3) is 0.0870. The first-order valence-corrected chi connectivity index (χ1v) is 9.10. The minimum Gasteiger partial charge on any atom is -0.497 e. The molecule has 1 aromatic heterocycles. The van der Waals surface area contributed by atoms with Crippen LogP contribution in [0.3, 0.4) is 0 Å². The van der Waals surface area contributed by atoms with Crippen molar-refractivity contribution in [1.29, 1.82) is 0 Å². The number of rotatable bonds is 5. The van der Waals surface area contributed by atoms with Crippen LogP contribution in [0.25, 0.3) is 22.1 Å². The molecule has 3 aromatic carbocycles. The van der Waals surface area contributed by atoms with Gasteiger partial charge >= 0.3 is 5.63 Å². The number of methoxy groups -OCH3 is 1. The largest absolute Gasteiger partial charge is 0.497 e. The molecule has 0 saturated carbocycles. The quantitative estimate of drug-likeness (QED) is 0.409. The molecular formula is C23H17ClO4. The Balaban J connectivity index is 1.69. The van der Waals surface area contributed by atoms with Crippen LogP contribution < -0.4 is 15.1 Å². The zero-order chi connectivity index (χ0) is 19.5. The van der Waals surface area contributed by atoms with Crippen LogP contribution in [0.2, 0.25) is 5.02 Å². The summed E-state index contributed by atoms with van der Waals surface area (Å²) >= 11 is 6.45. The van der Waals surface area contributed by atoms with Gasteiger partial charge in [0.25, 0.3) is 0 Å². The minimum absolute atomic E-state index is 0.331. The number of fused-ring (bicyclic) bond motifs is 1. The fourth-order valence-corrected chi connectivity index (χ4v) is 3.23. The van der Waals surface area contributed by atoms with Crippen LogP contribution in [0, 0.1) is 0 Å². The molecule has 0 saturated heterocycles. The van der Waals surface area contributed by atoms with Gasteiger partial charge in [0, 0.05) is 17.5 Å². The summed E-state index contributed by atoms with van der Waals surface area (Å²) in [7, 11) is 1.62. The molecule has 0 aliphatic heterocycles. The van der Waals surface area contributed by atoms with Crippen molar-refractivity contribution in [2.24, 2.45) is 0 Å². The normalized spacial score (nSPS) is 10.8. The number of hydrogen-bond donors (Lipinski definition) is 0. The van der Waals surface area contributed by atoms with Crippen molar-refractivity contribution in [2.45, 2.75) is 6.61 Å². The van der Waals surface area contributed by atoms with Gasteiger partial charge in [0.05, 0.1) is 12.1 Å². The summed E-state index contributed by atoms with van der Waals surface area (Å²) in [5.74, 6) is 1.24. The summed E-state index contributed by atoms with van der Waals surface area (Å²) in [6.07, 6.45) is 0. The third-order valence-corrected chi connectivity index (χ3v) is 4.73. The van der Waals surface area contributed by atoms with E-state index in [1.54, 1.807) is 19.2 Å². The molecule has 0 radical (unpaired) electrons. The third-order valence-electron chi connectivity index (χ3n) is 4.44. The third kappa shape index (κ3) is 3.73. The number of hydrogen-bond acceptors (Lipinski definition) is 4. The Kier molecular flexibility index (Phi) is 5.04. The van der Waals surface area contributed by atoms with E-state index in [0.29, 0.717) is 23.0 Å². The van der Waals surface area contributed by atoms with Gasteiger partial charge in [-0.15, -0.1) is 0 Å². The number of benzene rings is 3. The summed E-state index contributed by atoms with van der Waals surface area (Å²) in [5.41, 5.74) is 2.67. The maximum atomic E-state index is 12.1. The lowest BCUT2D eigenvalue weighted by Gasteiger charge is -2.11. The zero-order valence-corrected chi connectivity index (χ0v) is 15.9. The van der Waals surface area contributed by atoms with E-state index in [9.17, 15) is 4.79 Å². The Bertz CT molecular complexity index is 1170. The summed E-state index contributed by atoms with van der Waals surface area (Å²) in [6.45, 7) is 0.331. The highest BCUT2D eigenvalue weighted by Crippen LogP contribution is 2.35. The molecule has 4 nitrogen and oxygen atoms in total. The lowest BCUT2D eigenvalue weighted by molar-refractivity contribution is 0.306. The Morgan fingerprint density at radius 2 is 1.71 bits per heavy atom. The van der Waals surface area contributed by atoms with Gasteiger partial charge in [-0.25, -0.2) is 4.79 Å². The van der Waals surface area contributed by atoms with Crippen LogP contribution in [0.1, 0.15) is 5.56 Å². The molecule has 0 unspecified atom stereocenters. The first-order valence-electron chi connectivity index (χ1n) is 8.72. The van der Waals surface area contributed by atoms with Gasteiger partial charge in [0.2, 0.25) is 0 Å². The predicted molar refractivity (Wildman–Crippen MR) is 110 cm³/mol. The number of halogens is 1. The Morgan fingerprint density at radius 3 is 2.43 bits per heavy atom. The average molecular weight is 393 g/mol. The van der Waals surface area contributed by atoms with E-state index in [2.05, 4.69) is 0 Å². The van der Waals surface area contributed by atoms with Gasteiger partial charge in [-0.1, -0.05) is 54.1 Å². The first-order chi connectivity index (χ1) is 13.6. The standard InChI is InChI=1S/C23H17ClO4/c1-26-17-9-7-15(8-10-17)14-27-22-13-21-19(11-20(22)24)18(12-23(25)28-21)16-5-3-2-4-6-16/h2-13H,14H2,1H3. The molecule has 0 aliphatic carbocycles. The van der Waals surface area contributed by atoms with E-state index in [-0.39, 0.29) is 0 Å². The van der Waals surface area contributed by atoms with E-state index in [4.69, 9.17) is 25.5 Å². The molecule has 0 fully saturated rings. The van der Waals surface area contributed by atoms with Crippen LogP contribution in [0.5, 0.6) is 11.5 Å². The molecule has 4 rings (SSSR count). The highest BCUT2D eigenvalue weighted by Gasteiger charge is 2.12. The molecule has 0 aliphatic rings. The summed E-state index contributed by atoms with van der Waals surface area (Å²) < 4.78 is 16.4. The topological polar surface area (TPSA) is 48.7 Å². The lowest BCUT2D eigenvalue weighted by Crippen LogP contribution is -2.00. The van der Waals surface area contributed by atoms with Crippen molar-refractivity contribution in [3.8, 4) is 22.6 Å². The van der Waals surface area contributed by atoms with E-state index in [1.807, 2.05) is 54.6 Å². The van der Waals surface area contributed by atoms with Crippen molar-refractivity contribution in [3.63, 3.8) is 0 Å². The van der Waals surface area contributed by atoms with E-state index < -0.39 is 5.63 Å². The van der Waals surface area contributed by atoms with Crippen LogP contribution in [-0.4, -0.2) is 7.11 Å². The predicted octanol–water partition coefficient (Wildman–Crippen LogP) is 5.70. The fourth-order valence-electron chi connectivity index (χ4n) is 3.01. The van der Waals surface area contributed by atoms with Gasteiger partial charge in [-0.05, 0) is 34.9 Å². The molecule has 140 valence electrons. The molecule has 4 aromatic rings. The van der Waals surface area contributed by atoms with Crippen molar-refractivity contribution in [2.75, 3.05) is 7.11 Å². The highest BCUT2D eigenvalue weighted by atomic mass is 35.5. The van der Waals surface area contributed by atoms with Gasteiger partial charge in [-0.3, -0.25) is 0 Å². The molecule has 28 heavy (non-hydrogen) atoms. The van der Waals surface area contributed by atoms with E-state index in [1.165, 1.54) is 6.07 Å². The van der Waals surface area contributed by atoms with Crippen LogP contribution in [-0.2, 0) is 6.61 Å². The summed E-state index contributed by atoms with van der Waals surface area (Å²) in [4.78, 5) is 12.1. The van der Waals surface area contributed by atoms with Crippen molar-refractivity contribution in [1.82, 2.24) is 0 Å². The lowest BCUT2D eigenvalue weighted by atomic mass is 10.0. The SMILES string of the molecule is COc1ccc(COc2cc3oc(=O)cc(-c4ccccc4)c3cc2Cl)cc1. The molecule has 0 atom stereocenters. The van der Waals surface area contributed by atoms with Crippen LogP contribution >= 0.6 is 11.6 Å². The monoisotopic (exact) mass is 392 g/mol. The maximum Gasteiger partial charge on any atom is 0.336 e. The molecule has 5 heteroatoms. The zero-order valence-electron chi connectivity index (χ0n) is 15.1. The Morgan fingerprint density at radius 1 is 0.964 bits per heavy atom. The van der Waals surface area contributed by atoms with Gasteiger partial charge < -0.3 is 13.9 Å². The molecule has 1 heterocycles. The second-order valence-corrected chi connectivity index (χ2v) is 6.67. The molecule has 0 bridgehead atoms. The molecule has 0 spiro atoms. The van der Waals surface area contributed by atoms with Crippen LogP contribution in [0.4, 0.5) is 0 Å². The summed E-state index contributed by atoms with van der Waals surface area (Å²) in [6, 6.07) is 22.1.